The Balaban J connectivity index is 0.000000215. The van der Waals surface area contributed by atoms with Crippen LogP contribution in [0.3, 0.4) is 0 Å². The second-order valence-electron chi connectivity index (χ2n) is 15.7. The molecule has 16 heteroatoms. The molecular weight excluding hydrogens is 872 g/mol. The second-order valence-corrected chi connectivity index (χ2v) is 28.6. The summed E-state index contributed by atoms with van der Waals surface area (Å²) in [5, 5.41) is 5.59. The number of pyridine rings is 2. The van der Waals surface area contributed by atoms with Gasteiger partial charge in [-0.3, -0.25) is 0 Å². The molecule has 0 amide bonds. The van der Waals surface area contributed by atoms with Crippen molar-refractivity contribution < 1.29 is 18.9 Å². The van der Waals surface area contributed by atoms with Crippen LogP contribution in [0.15, 0.2) is 87.4 Å². The molecule has 2 aromatic carbocycles. The predicted octanol–water partition coefficient (Wildman–Crippen LogP) is 12.1. The third-order valence-corrected chi connectivity index (χ3v) is 13.7. The summed E-state index contributed by atoms with van der Waals surface area (Å²) < 4.78 is 28.4. The zero-order chi connectivity index (χ0) is 40.6. The molecule has 6 aromatic rings. The summed E-state index contributed by atoms with van der Waals surface area (Å²) in [5.74, 6) is 1.54. The number of aromatic nitrogens is 4. The fourth-order valence-electron chi connectivity index (χ4n) is 6.04. The van der Waals surface area contributed by atoms with E-state index >= 15 is 0 Å². The minimum Gasteiger partial charge on any atom is -0.496 e. The zero-order valence-electron chi connectivity index (χ0n) is 33.3. The number of hydrogen-bond acceptors (Lipinski definition) is 8. The van der Waals surface area contributed by atoms with Crippen molar-refractivity contribution in [2.75, 3.05) is 33.2 Å². The Morgan fingerprint density at radius 1 is 0.696 bits per heavy atom. The number of methoxy groups -OCH3 is 2. The molecule has 4 aromatic heterocycles. The number of nitrogens with zero attached hydrogens (tertiary/aromatic N) is 7. The van der Waals surface area contributed by atoms with E-state index in [9.17, 15) is 0 Å². The van der Waals surface area contributed by atoms with Crippen molar-refractivity contribution in [2.45, 2.75) is 64.8 Å². The van der Waals surface area contributed by atoms with Gasteiger partial charge in [-0.05, 0) is 61.6 Å². The van der Waals surface area contributed by atoms with Crippen molar-refractivity contribution in [1.82, 2.24) is 19.1 Å². The lowest BCUT2D eigenvalue weighted by atomic mass is 10.0. The summed E-state index contributed by atoms with van der Waals surface area (Å²) in [6.07, 6.45) is 7.42. The third kappa shape index (κ3) is 10.4. The van der Waals surface area contributed by atoms with E-state index in [1.54, 1.807) is 26.6 Å². The summed E-state index contributed by atoms with van der Waals surface area (Å²) in [6.45, 7) is 16.3. The van der Waals surface area contributed by atoms with Gasteiger partial charge in [0.25, 0.3) is 0 Å². The maximum atomic E-state index is 9.09. The minimum absolute atomic E-state index is 0.375. The van der Waals surface area contributed by atoms with Crippen LogP contribution in [0.5, 0.6) is 11.5 Å². The highest BCUT2D eigenvalue weighted by Crippen LogP contribution is 2.43. The Morgan fingerprint density at radius 3 is 1.61 bits per heavy atom. The van der Waals surface area contributed by atoms with Crippen LogP contribution >= 0.6 is 31.9 Å². The van der Waals surface area contributed by atoms with Gasteiger partial charge < -0.3 is 33.8 Å². The molecule has 0 aliphatic heterocycles. The fraction of sp³-hybridized carbons (Fsp3) is 0.350. The van der Waals surface area contributed by atoms with Crippen LogP contribution in [0, 0.1) is 0 Å². The van der Waals surface area contributed by atoms with Crippen LogP contribution in [-0.4, -0.2) is 62.7 Å². The summed E-state index contributed by atoms with van der Waals surface area (Å²) >= 11 is 6.96. The first kappa shape index (κ1) is 43.0. The smallest absolute Gasteiger partial charge is 0.144 e. The predicted molar refractivity (Wildman–Crippen MR) is 240 cm³/mol. The molecule has 0 fully saturated rings. The van der Waals surface area contributed by atoms with E-state index in [2.05, 4.69) is 91.1 Å². The number of para-hydroxylation sites is 2. The van der Waals surface area contributed by atoms with Crippen LogP contribution in [-0.2, 0) is 22.9 Å². The lowest BCUT2D eigenvalue weighted by Crippen LogP contribution is -2.22. The van der Waals surface area contributed by atoms with Gasteiger partial charge in [0.1, 0.15) is 36.3 Å². The Kier molecular flexibility index (Phi) is 14.5. The minimum atomic E-state index is -1.16. The first-order chi connectivity index (χ1) is 26.7. The SMILES string of the molecule is COc1ccccc1-c1cn(COCC[Si](C)(C)C)c2ncc(Br)c(N)c12.COc1ccccc1-c1cn(COCC[Si](C)(C)C)c2ncc(Br)c(N=[N+]=[N-])c12. The highest BCUT2D eigenvalue weighted by molar-refractivity contribution is 9.11. The van der Waals surface area contributed by atoms with E-state index in [1.165, 1.54) is 0 Å². The van der Waals surface area contributed by atoms with Gasteiger partial charge in [0.2, 0.25) is 0 Å². The molecule has 0 atom stereocenters. The number of nitrogens with two attached hydrogens (primary N) is 1. The van der Waals surface area contributed by atoms with Gasteiger partial charge in [0.05, 0.1) is 35.5 Å². The maximum Gasteiger partial charge on any atom is 0.144 e. The second kappa shape index (κ2) is 18.9. The van der Waals surface area contributed by atoms with Crippen molar-refractivity contribution >= 4 is 81.4 Å². The topological polar surface area (TPSA) is 147 Å². The van der Waals surface area contributed by atoms with Gasteiger partial charge >= 0.3 is 0 Å². The molecular formula is C40H50Br2N8O4Si2. The standard InChI is InChI=1S/C20H24BrN5O2Si.C20H26BrN3O2Si/c1-27-17-8-6-5-7-14(17)15-12-26(13-28-9-10-29(2,3)4)20-18(15)19(24-25-22)16(21)11-23-20;1-25-17-8-6-5-7-14(17)15-12-24(13-26-9-10-27(2,3)4)20-18(15)19(22)16(21)11-23-20/h5-8,11-12H,9-10,13H2,1-4H3;5-8,11-12H,9-10,13H2,1-4H3,(H2,22,23). The van der Waals surface area contributed by atoms with Gasteiger partial charge in [-0.1, -0.05) is 80.8 Å². The molecule has 0 spiro atoms. The highest BCUT2D eigenvalue weighted by atomic mass is 79.9. The molecule has 0 bridgehead atoms. The Hall–Kier alpha value is -4.16. The summed E-state index contributed by atoms with van der Waals surface area (Å²) in [5.41, 5.74) is 21.9. The van der Waals surface area contributed by atoms with Gasteiger partial charge in [-0.15, -0.1) is 0 Å². The first-order valence-corrected chi connectivity index (χ1v) is 27.2. The molecule has 12 nitrogen and oxygen atoms in total. The number of azide groups is 1. The number of benzene rings is 2. The monoisotopic (exact) mass is 920 g/mol. The van der Waals surface area contributed by atoms with E-state index in [4.69, 9.17) is 30.2 Å². The van der Waals surface area contributed by atoms with Crippen molar-refractivity contribution in [3.8, 4) is 33.8 Å². The van der Waals surface area contributed by atoms with Crippen molar-refractivity contribution in [3.63, 3.8) is 0 Å². The quantitative estimate of drug-likeness (QED) is 0.0354. The van der Waals surface area contributed by atoms with Crippen LogP contribution < -0.4 is 15.2 Å². The number of anilines is 1. The highest BCUT2D eigenvalue weighted by Gasteiger charge is 2.21. The van der Waals surface area contributed by atoms with Crippen LogP contribution in [0.1, 0.15) is 0 Å². The van der Waals surface area contributed by atoms with Gasteiger partial charge in [-0.25, -0.2) is 9.97 Å². The Morgan fingerprint density at radius 2 is 1.14 bits per heavy atom. The van der Waals surface area contributed by atoms with Crippen LogP contribution in [0.2, 0.25) is 51.4 Å². The summed E-state index contributed by atoms with van der Waals surface area (Å²) in [7, 11) is 1.03. The maximum absolute atomic E-state index is 9.09. The number of halogens is 2. The zero-order valence-corrected chi connectivity index (χ0v) is 38.4. The number of fused-ring (bicyclic) bond motifs is 2. The molecule has 0 radical (unpaired) electrons. The van der Waals surface area contributed by atoms with Crippen molar-refractivity contribution in [2.24, 2.45) is 5.11 Å². The van der Waals surface area contributed by atoms with Crippen LogP contribution in [0.4, 0.5) is 11.4 Å². The van der Waals surface area contributed by atoms with Crippen molar-refractivity contribution in [1.29, 1.82) is 0 Å². The lowest BCUT2D eigenvalue weighted by Gasteiger charge is -2.15. The molecule has 0 aliphatic carbocycles. The summed E-state index contributed by atoms with van der Waals surface area (Å²) in [6, 6.07) is 17.9. The van der Waals surface area contributed by atoms with E-state index < -0.39 is 16.1 Å². The molecule has 0 saturated heterocycles. The number of rotatable bonds is 15. The average molecular weight is 923 g/mol. The number of nitrogen functional groups attached to an aromatic ring is 1. The van der Waals surface area contributed by atoms with Crippen molar-refractivity contribution in [3.05, 3.63) is 92.7 Å². The number of hydrogen-bond donors (Lipinski definition) is 1. The first-order valence-electron chi connectivity index (χ1n) is 18.2. The Bertz CT molecular complexity index is 2350. The lowest BCUT2D eigenvalue weighted by molar-refractivity contribution is 0.0898. The molecule has 6 rings (SSSR count). The average Bonchev–Trinajstić information content (AvgIpc) is 3.72. The molecule has 0 saturated carbocycles. The summed E-state index contributed by atoms with van der Waals surface area (Å²) in [4.78, 5) is 12.2. The Labute approximate surface area is 347 Å². The molecule has 4 heterocycles. The third-order valence-electron chi connectivity index (χ3n) is 9.08. The van der Waals surface area contributed by atoms with E-state index in [0.29, 0.717) is 41.6 Å². The van der Waals surface area contributed by atoms with Gasteiger partial charge in [0.15, 0.2) is 0 Å². The largest absolute Gasteiger partial charge is 0.496 e. The normalized spacial score (nSPS) is 11.7. The van der Waals surface area contributed by atoms with Gasteiger partial charge in [0, 0.05) is 91.2 Å². The molecule has 296 valence electrons. The molecule has 0 unspecified atom stereocenters. The molecule has 0 aliphatic rings. The molecule has 56 heavy (non-hydrogen) atoms. The van der Waals surface area contributed by atoms with Gasteiger partial charge in [-0.2, -0.15) is 0 Å². The number of ether oxygens (including phenoxy) is 4. The molecule has 2 N–H and O–H groups in total. The fourth-order valence-corrected chi connectivity index (χ4v) is 8.23. The van der Waals surface area contributed by atoms with E-state index in [0.717, 1.165) is 73.3 Å². The van der Waals surface area contributed by atoms with Crippen LogP contribution in [0.25, 0.3) is 54.8 Å². The van der Waals surface area contributed by atoms with E-state index in [1.807, 2.05) is 70.1 Å². The van der Waals surface area contributed by atoms with E-state index in [-0.39, 0.29) is 0 Å².